The largest absolute Gasteiger partial charge is 0.380 e. The van der Waals surface area contributed by atoms with Crippen molar-refractivity contribution in [3.8, 4) is 0 Å². The van der Waals surface area contributed by atoms with Crippen LogP contribution in [0.3, 0.4) is 0 Å². The van der Waals surface area contributed by atoms with E-state index in [2.05, 4.69) is 36.2 Å². The van der Waals surface area contributed by atoms with Crippen molar-refractivity contribution in [3.63, 3.8) is 0 Å². The number of hydrogen-bond donors (Lipinski definition) is 0. The van der Waals surface area contributed by atoms with Gasteiger partial charge in [0.15, 0.2) is 0 Å². The fourth-order valence-electron chi connectivity index (χ4n) is 3.70. The molecule has 0 amide bonds. The average Bonchev–Trinajstić information content (AvgIpc) is 2.69. The lowest BCUT2D eigenvalue weighted by atomic mass is 10.0. The minimum absolute atomic E-state index is 0.430. The second-order valence-electron chi connectivity index (χ2n) is 6.16. The van der Waals surface area contributed by atoms with Crippen LogP contribution in [0.15, 0.2) is 24.3 Å². The number of benzene rings is 1. The molecule has 2 saturated heterocycles. The molecule has 110 valence electrons. The number of ether oxygens (including phenoxy) is 2. The summed E-state index contributed by atoms with van der Waals surface area (Å²) in [6.45, 7) is 1.38. The molecule has 0 spiro atoms. The summed E-state index contributed by atoms with van der Waals surface area (Å²) in [4.78, 5) is 2.55. The molecule has 2 fully saturated rings. The molecular weight excluding hydrogens is 250 g/mol. The maximum absolute atomic E-state index is 6.20. The topological polar surface area (TPSA) is 21.7 Å². The smallest absolute Gasteiger partial charge is 0.0724 e. The van der Waals surface area contributed by atoms with E-state index in [1.165, 1.54) is 36.8 Å². The van der Waals surface area contributed by atoms with Crippen LogP contribution < -0.4 is 0 Å². The SMILES string of the molecule is COCc1ccccc1COC1C[C@H]2CC[C@@H](C1)N2C. The van der Waals surface area contributed by atoms with E-state index in [1.54, 1.807) is 7.11 Å². The Hall–Kier alpha value is -0.900. The zero-order valence-corrected chi connectivity index (χ0v) is 12.5. The number of methoxy groups -OCH3 is 1. The summed E-state index contributed by atoms with van der Waals surface area (Å²) in [7, 11) is 4.01. The number of piperidine rings is 1. The van der Waals surface area contributed by atoms with Gasteiger partial charge in [0, 0.05) is 19.2 Å². The van der Waals surface area contributed by atoms with Gasteiger partial charge in [-0.15, -0.1) is 0 Å². The molecule has 3 rings (SSSR count). The first-order valence-electron chi connectivity index (χ1n) is 7.67. The van der Waals surface area contributed by atoms with Gasteiger partial charge in [-0.2, -0.15) is 0 Å². The summed E-state index contributed by atoms with van der Waals surface area (Å²) in [5.41, 5.74) is 2.51. The standard InChI is InChI=1S/C17H25NO2/c1-18-15-7-8-16(18)10-17(9-15)20-12-14-6-4-3-5-13(14)11-19-2/h3-6,15-17H,7-12H2,1-2H3/t15-,16+,17?. The van der Waals surface area contributed by atoms with E-state index >= 15 is 0 Å². The van der Waals surface area contributed by atoms with E-state index in [0.717, 1.165) is 12.1 Å². The van der Waals surface area contributed by atoms with Crippen LogP contribution in [-0.4, -0.2) is 37.2 Å². The van der Waals surface area contributed by atoms with Gasteiger partial charge in [-0.3, -0.25) is 0 Å². The Bertz CT molecular complexity index is 434. The minimum Gasteiger partial charge on any atom is -0.380 e. The van der Waals surface area contributed by atoms with Crippen LogP contribution in [0.2, 0.25) is 0 Å². The van der Waals surface area contributed by atoms with Gasteiger partial charge in [-0.1, -0.05) is 24.3 Å². The molecule has 3 atom stereocenters. The highest BCUT2D eigenvalue weighted by Gasteiger charge is 2.38. The van der Waals surface area contributed by atoms with Gasteiger partial charge in [0.25, 0.3) is 0 Å². The molecule has 3 nitrogen and oxygen atoms in total. The molecule has 2 bridgehead atoms. The van der Waals surface area contributed by atoms with Gasteiger partial charge in [0.05, 0.1) is 19.3 Å². The lowest BCUT2D eigenvalue weighted by Crippen LogP contribution is -2.42. The maximum atomic E-state index is 6.20. The fourth-order valence-corrected chi connectivity index (χ4v) is 3.70. The van der Waals surface area contributed by atoms with Gasteiger partial charge in [0.2, 0.25) is 0 Å². The van der Waals surface area contributed by atoms with Gasteiger partial charge < -0.3 is 14.4 Å². The van der Waals surface area contributed by atoms with Crippen molar-refractivity contribution >= 4 is 0 Å². The summed E-state index contributed by atoms with van der Waals surface area (Å²) in [5, 5.41) is 0. The molecule has 0 aromatic heterocycles. The molecule has 2 aliphatic rings. The average molecular weight is 275 g/mol. The van der Waals surface area contributed by atoms with E-state index in [-0.39, 0.29) is 0 Å². The molecular formula is C17H25NO2. The second kappa shape index (κ2) is 6.25. The molecule has 0 saturated carbocycles. The molecule has 0 radical (unpaired) electrons. The molecule has 1 aromatic carbocycles. The van der Waals surface area contributed by atoms with Crippen LogP contribution in [0.1, 0.15) is 36.8 Å². The van der Waals surface area contributed by atoms with E-state index in [1.807, 2.05) is 0 Å². The van der Waals surface area contributed by atoms with Crippen molar-refractivity contribution in [1.82, 2.24) is 4.90 Å². The van der Waals surface area contributed by atoms with Gasteiger partial charge in [-0.25, -0.2) is 0 Å². The molecule has 20 heavy (non-hydrogen) atoms. The summed E-state index contributed by atoms with van der Waals surface area (Å²) in [6, 6.07) is 9.91. The quantitative estimate of drug-likeness (QED) is 0.824. The van der Waals surface area contributed by atoms with Crippen LogP contribution in [0, 0.1) is 0 Å². The predicted octanol–water partition coefficient (Wildman–Crippen LogP) is 2.97. The van der Waals surface area contributed by atoms with Crippen LogP contribution in [-0.2, 0) is 22.7 Å². The molecule has 1 unspecified atom stereocenters. The summed E-state index contributed by atoms with van der Waals surface area (Å²) >= 11 is 0. The monoisotopic (exact) mass is 275 g/mol. The van der Waals surface area contributed by atoms with Crippen molar-refractivity contribution in [1.29, 1.82) is 0 Å². The Morgan fingerprint density at radius 2 is 1.65 bits per heavy atom. The van der Waals surface area contributed by atoms with Crippen LogP contribution in [0.4, 0.5) is 0 Å². The predicted molar refractivity (Wildman–Crippen MR) is 79.5 cm³/mol. The van der Waals surface area contributed by atoms with E-state index < -0.39 is 0 Å². The van der Waals surface area contributed by atoms with Crippen molar-refractivity contribution < 1.29 is 9.47 Å². The van der Waals surface area contributed by atoms with Gasteiger partial charge in [-0.05, 0) is 43.9 Å². The van der Waals surface area contributed by atoms with Gasteiger partial charge in [0.1, 0.15) is 0 Å². The molecule has 2 heterocycles. The molecule has 1 aromatic rings. The summed E-state index contributed by atoms with van der Waals surface area (Å²) < 4.78 is 11.5. The zero-order chi connectivity index (χ0) is 13.9. The normalized spacial score (nSPS) is 29.8. The summed E-state index contributed by atoms with van der Waals surface area (Å²) in [5.74, 6) is 0. The van der Waals surface area contributed by atoms with E-state index in [4.69, 9.17) is 9.47 Å². The fraction of sp³-hybridized carbons (Fsp3) is 0.647. The maximum Gasteiger partial charge on any atom is 0.0724 e. The minimum atomic E-state index is 0.430. The van der Waals surface area contributed by atoms with E-state index in [0.29, 0.717) is 19.3 Å². The van der Waals surface area contributed by atoms with Crippen LogP contribution >= 0.6 is 0 Å². The number of rotatable bonds is 5. The molecule has 0 N–H and O–H groups in total. The van der Waals surface area contributed by atoms with E-state index in [9.17, 15) is 0 Å². The van der Waals surface area contributed by atoms with Crippen LogP contribution in [0.25, 0.3) is 0 Å². The first kappa shape index (κ1) is 14.1. The number of hydrogen-bond acceptors (Lipinski definition) is 3. The van der Waals surface area contributed by atoms with Crippen molar-refractivity contribution in [2.24, 2.45) is 0 Å². The third kappa shape index (κ3) is 2.90. The highest BCUT2D eigenvalue weighted by molar-refractivity contribution is 5.25. The van der Waals surface area contributed by atoms with Gasteiger partial charge >= 0.3 is 0 Å². The Kier molecular flexibility index (Phi) is 4.39. The second-order valence-corrected chi connectivity index (χ2v) is 6.16. The zero-order valence-electron chi connectivity index (χ0n) is 12.5. The first-order valence-corrected chi connectivity index (χ1v) is 7.67. The Morgan fingerprint density at radius 1 is 1.05 bits per heavy atom. The highest BCUT2D eigenvalue weighted by Crippen LogP contribution is 2.35. The molecule has 3 heteroatoms. The summed E-state index contributed by atoms with van der Waals surface area (Å²) in [6.07, 6.45) is 5.51. The van der Waals surface area contributed by atoms with Crippen LogP contribution in [0.5, 0.6) is 0 Å². The Morgan fingerprint density at radius 3 is 2.25 bits per heavy atom. The van der Waals surface area contributed by atoms with Crippen molar-refractivity contribution in [2.75, 3.05) is 14.2 Å². The van der Waals surface area contributed by atoms with Crippen molar-refractivity contribution in [3.05, 3.63) is 35.4 Å². The lowest BCUT2D eigenvalue weighted by molar-refractivity contribution is -0.0216. The third-order valence-electron chi connectivity index (χ3n) is 4.95. The highest BCUT2D eigenvalue weighted by atomic mass is 16.5. The first-order chi connectivity index (χ1) is 9.78. The number of fused-ring (bicyclic) bond motifs is 2. The van der Waals surface area contributed by atoms with Crippen molar-refractivity contribution in [2.45, 2.75) is 57.1 Å². The Balaban J connectivity index is 1.58. The molecule has 2 aliphatic heterocycles. The lowest BCUT2D eigenvalue weighted by Gasteiger charge is -2.36. The number of nitrogens with zero attached hydrogens (tertiary/aromatic N) is 1. The molecule has 0 aliphatic carbocycles. The third-order valence-corrected chi connectivity index (χ3v) is 4.95. The Labute approximate surface area is 121 Å².